The Morgan fingerprint density at radius 2 is 1.44 bits per heavy atom. The van der Waals surface area contributed by atoms with Crippen LogP contribution in [0.25, 0.3) is 0 Å². The minimum atomic E-state index is -1.90. The van der Waals surface area contributed by atoms with Crippen molar-refractivity contribution in [3.8, 4) is 0 Å². The van der Waals surface area contributed by atoms with Crippen molar-refractivity contribution >= 4 is 8.32 Å². The molecule has 0 spiro atoms. The highest BCUT2D eigenvalue weighted by molar-refractivity contribution is 6.77. The second kappa shape index (κ2) is 6.35. The molecule has 0 aromatic carbocycles. The molecular formula is C11H25NO3Si. The molecule has 0 N–H and O–H groups in total. The highest BCUT2D eigenvalue weighted by Crippen LogP contribution is 2.41. The molecule has 0 aliphatic rings. The molecule has 0 heterocycles. The molecule has 96 valence electrons. The molecule has 0 aromatic rings. The lowest BCUT2D eigenvalue weighted by Gasteiger charge is -2.41. The van der Waals surface area contributed by atoms with Crippen molar-refractivity contribution in [2.24, 2.45) is 0 Å². The molecule has 0 amide bonds. The monoisotopic (exact) mass is 247 g/mol. The van der Waals surface area contributed by atoms with Gasteiger partial charge in [-0.25, -0.2) is 0 Å². The quantitative estimate of drug-likeness (QED) is 0.393. The average Bonchev–Trinajstić information content (AvgIpc) is 2.09. The van der Waals surface area contributed by atoms with Crippen LogP contribution in [0.2, 0.25) is 16.6 Å². The van der Waals surface area contributed by atoms with Gasteiger partial charge < -0.3 is 4.43 Å². The zero-order chi connectivity index (χ0) is 12.9. The van der Waals surface area contributed by atoms with Crippen molar-refractivity contribution in [2.75, 3.05) is 13.2 Å². The highest BCUT2D eigenvalue weighted by atomic mass is 28.4. The first-order valence-corrected chi connectivity index (χ1v) is 8.14. The van der Waals surface area contributed by atoms with E-state index in [9.17, 15) is 10.1 Å². The Morgan fingerprint density at radius 1 is 1.06 bits per heavy atom. The molecule has 4 nitrogen and oxygen atoms in total. The molecule has 5 heteroatoms. The summed E-state index contributed by atoms with van der Waals surface area (Å²) >= 11 is 0. The number of nitro groups is 1. The van der Waals surface area contributed by atoms with Gasteiger partial charge in [-0.3, -0.25) is 10.1 Å². The molecule has 0 aromatic heterocycles. The van der Waals surface area contributed by atoms with Crippen molar-refractivity contribution in [3.63, 3.8) is 0 Å². The molecule has 0 rings (SSSR count). The molecule has 0 fully saturated rings. The van der Waals surface area contributed by atoms with Crippen molar-refractivity contribution in [1.82, 2.24) is 0 Å². The van der Waals surface area contributed by atoms with Crippen molar-refractivity contribution in [3.05, 3.63) is 10.1 Å². The molecule has 16 heavy (non-hydrogen) atoms. The third kappa shape index (κ3) is 3.56. The topological polar surface area (TPSA) is 52.4 Å². The molecule has 0 unspecified atom stereocenters. The maximum absolute atomic E-state index is 10.3. The van der Waals surface area contributed by atoms with Crippen LogP contribution >= 0.6 is 0 Å². The Balaban J connectivity index is 4.70. The van der Waals surface area contributed by atoms with Gasteiger partial charge in [0.15, 0.2) is 0 Å². The summed E-state index contributed by atoms with van der Waals surface area (Å²) in [4.78, 5) is 10.0. The van der Waals surface area contributed by atoms with E-state index in [4.69, 9.17) is 4.43 Å². The van der Waals surface area contributed by atoms with Gasteiger partial charge in [-0.1, -0.05) is 41.5 Å². The molecule has 0 saturated heterocycles. The summed E-state index contributed by atoms with van der Waals surface area (Å²) in [7, 11) is -1.90. The summed E-state index contributed by atoms with van der Waals surface area (Å²) in [6.07, 6.45) is 0. The molecule has 0 bridgehead atoms. The maximum atomic E-state index is 10.3. The largest absolute Gasteiger partial charge is 0.409 e. The van der Waals surface area contributed by atoms with E-state index in [1.165, 1.54) is 0 Å². The third-order valence-electron chi connectivity index (χ3n) is 3.33. The van der Waals surface area contributed by atoms with Gasteiger partial charge in [0, 0.05) is 4.92 Å². The Hall–Kier alpha value is -0.423. The van der Waals surface area contributed by atoms with Crippen LogP contribution in [0.4, 0.5) is 0 Å². The summed E-state index contributed by atoms with van der Waals surface area (Å²) < 4.78 is 6.02. The number of nitrogens with zero attached hydrogens (tertiary/aromatic N) is 1. The summed E-state index contributed by atoms with van der Waals surface area (Å²) in [5.41, 5.74) is 1.46. The fourth-order valence-electron chi connectivity index (χ4n) is 2.80. The van der Waals surface area contributed by atoms with Crippen LogP contribution in [0.1, 0.15) is 41.5 Å². The zero-order valence-electron chi connectivity index (χ0n) is 11.3. The van der Waals surface area contributed by atoms with Gasteiger partial charge in [-0.05, 0) is 16.6 Å². The van der Waals surface area contributed by atoms with E-state index in [1.807, 2.05) is 0 Å². The second-order valence-corrected chi connectivity index (χ2v) is 10.7. The molecule has 0 aliphatic heterocycles. The van der Waals surface area contributed by atoms with Crippen LogP contribution < -0.4 is 0 Å². The Morgan fingerprint density at radius 3 is 1.69 bits per heavy atom. The van der Waals surface area contributed by atoms with E-state index < -0.39 is 8.32 Å². The van der Waals surface area contributed by atoms with Crippen molar-refractivity contribution < 1.29 is 9.35 Å². The van der Waals surface area contributed by atoms with E-state index in [0.29, 0.717) is 16.6 Å². The Labute approximate surface area is 99.7 Å². The molecular weight excluding hydrogens is 222 g/mol. The van der Waals surface area contributed by atoms with E-state index in [0.717, 1.165) is 0 Å². The van der Waals surface area contributed by atoms with Gasteiger partial charge in [-0.2, -0.15) is 0 Å². The van der Waals surface area contributed by atoms with Gasteiger partial charge in [0.05, 0.1) is 6.61 Å². The van der Waals surface area contributed by atoms with Crippen LogP contribution in [-0.4, -0.2) is 26.4 Å². The Kier molecular flexibility index (Phi) is 6.18. The molecule has 0 aliphatic carbocycles. The Bertz CT molecular complexity index is 207. The van der Waals surface area contributed by atoms with E-state index in [1.54, 1.807) is 0 Å². The maximum Gasteiger partial charge on any atom is 0.225 e. The van der Waals surface area contributed by atoms with Crippen LogP contribution in [0.15, 0.2) is 0 Å². The molecule has 0 atom stereocenters. The minimum absolute atomic E-state index is 0.0824. The van der Waals surface area contributed by atoms with Gasteiger partial charge in [0.25, 0.3) is 0 Å². The second-order valence-electron chi connectivity index (χ2n) is 5.22. The summed E-state index contributed by atoms with van der Waals surface area (Å²) in [6.45, 7) is 13.2. The van der Waals surface area contributed by atoms with Crippen LogP contribution in [-0.2, 0) is 4.43 Å². The highest BCUT2D eigenvalue weighted by Gasteiger charge is 2.45. The first-order valence-electron chi connectivity index (χ1n) is 6.00. The predicted molar refractivity (Wildman–Crippen MR) is 68.9 cm³/mol. The summed E-state index contributed by atoms with van der Waals surface area (Å²) in [5, 5.41) is 10.3. The summed E-state index contributed by atoms with van der Waals surface area (Å²) in [6, 6.07) is 0. The smallest absolute Gasteiger partial charge is 0.225 e. The van der Waals surface area contributed by atoms with Gasteiger partial charge in [0.1, 0.15) is 0 Å². The number of hydrogen-bond donors (Lipinski definition) is 0. The standard InChI is InChI=1S/C11H25NO3Si/c1-9(2)16(10(3)4,11(5)6)15-8-7-12(13)14/h9-11H,7-8H2,1-6H3. The van der Waals surface area contributed by atoms with E-state index in [-0.39, 0.29) is 18.1 Å². The SMILES string of the molecule is CC(C)[Si](OCC[N+](=O)[O-])(C(C)C)C(C)C. The minimum Gasteiger partial charge on any atom is -0.409 e. The van der Waals surface area contributed by atoms with E-state index in [2.05, 4.69) is 41.5 Å². The number of rotatable bonds is 7. The van der Waals surface area contributed by atoms with Crippen LogP contribution in [0.5, 0.6) is 0 Å². The lowest BCUT2D eigenvalue weighted by molar-refractivity contribution is -0.482. The van der Waals surface area contributed by atoms with Gasteiger partial charge >= 0.3 is 0 Å². The zero-order valence-corrected chi connectivity index (χ0v) is 12.3. The summed E-state index contributed by atoms with van der Waals surface area (Å²) in [5.74, 6) is 0. The van der Waals surface area contributed by atoms with Crippen LogP contribution in [0.3, 0.4) is 0 Å². The number of hydrogen-bond acceptors (Lipinski definition) is 3. The van der Waals surface area contributed by atoms with Crippen LogP contribution in [0, 0.1) is 10.1 Å². The predicted octanol–water partition coefficient (Wildman–Crippen LogP) is 3.46. The normalized spacial score (nSPS) is 12.8. The third-order valence-corrected chi connectivity index (χ3v) is 9.45. The molecule has 0 radical (unpaired) electrons. The fourth-order valence-corrected chi connectivity index (χ4v) is 8.24. The van der Waals surface area contributed by atoms with E-state index >= 15 is 0 Å². The first kappa shape index (κ1) is 15.6. The van der Waals surface area contributed by atoms with Crippen molar-refractivity contribution in [1.29, 1.82) is 0 Å². The lowest BCUT2D eigenvalue weighted by Crippen LogP contribution is -2.48. The van der Waals surface area contributed by atoms with Gasteiger partial charge in [0.2, 0.25) is 14.9 Å². The fraction of sp³-hybridized carbons (Fsp3) is 1.00. The average molecular weight is 247 g/mol. The van der Waals surface area contributed by atoms with Crippen molar-refractivity contribution in [2.45, 2.75) is 58.2 Å². The lowest BCUT2D eigenvalue weighted by atomic mass is 10.5. The molecule has 0 saturated carbocycles. The first-order chi connectivity index (χ1) is 7.25. The van der Waals surface area contributed by atoms with Gasteiger partial charge in [-0.15, -0.1) is 0 Å².